The maximum absolute atomic E-state index is 4.88. The predicted molar refractivity (Wildman–Crippen MR) is 84.1 cm³/mol. The van der Waals surface area contributed by atoms with Gasteiger partial charge in [0.05, 0.1) is 5.69 Å². The molecule has 20 heavy (non-hydrogen) atoms. The van der Waals surface area contributed by atoms with Crippen molar-refractivity contribution in [3.05, 3.63) is 34.6 Å². The van der Waals surface area contributed by atoms with Gasteiger partial charge in [-0.1, -0.05) is 6.92 Å². The van der Waals surface area contributed by atoms with Crippen molar-refractivity contribution in [1.29, 1.82) is 0 Å². The summed E-state index contributed by atoms with van der Waals surface area (Å²) in [6.07, 6.45) is 8.56. The highest BCUT2D eigenvalue weighted by Crippen LogP contribution is 2.38. The van der Waals surface area contributed by atoms with Gasteiger partial charge in [0.2, 0.25) is 0 Å². The Morgan fingerprint density at radius 3 is 3.15 bits per heavy atom. The zero-order chi connectivity index (χ0) is 13.9. The summed E-state index contributed by atoms with van der Waals surface area (Å²) in [6, 6.07) is 2.56. The van der Waals surface area contributed by atoms with Crippen molar-refractivity contribution < 1.29 is 0 Å². The Hall–Kier alpha value is -1.26. The maximum atomic E-state index is 4.88. The third-order valence-corrected chi connectivity index (χ3v) is 5.11. The second-order valence-electron chi connectivity index (χ2n) is 5.42. The lowest BCUT2D eigenvalue weighted by molar-refractivity contribution is 0.465. The summed E-state index contributed by atoms with van der Waals surface area (Å²) in [6.45, 7) is 5.43. The summed E-state index contributed by atoms with van der Waals surface area (Å²) in [4.78, 5) is 10.6. The van der Waals surface area contributed by atoms with Gasteiger partial charge in [-0.15, -0.1) is 11.3 Å². The summed E-state index contributed by atoms with van der Waals surface area (Å²) >= 11 is 1.85. The van der Waals surface area contributed by atoms with Gasteiger partial charge in [0.1, 0.15) is 5.01 Å². The highest BCUT2D eigenvalue weighted by atomic mass is 32.1. The highest BCUT2D eigenvalue weighted by Gasteiger charge is 2.24. The first-order chi connectivity index (χ1) is 9.79. The van der Waals surface area contributed by atoms with Crippen LogP contribution in [0.1, 0.15) is 48.4 Å². The van der Waals surface area contributed by atoms with Crippen LogP contribution in [0.15, 0.2) is 18.5 Å². The fourth-order valence-corrected chi connectivity index (χ4v) is 4.03. The molecule has 1 unspecified atom stereocenters. The molecule has 0 spiro atoms. The summed E-state index contributed by atoms with van der Waals surface area (Å²) in [5.41, 5.74) is 3.73. The number of aryl methyl sites for hydroxylation is 2. The number of hydrogen-bond acceptors (Lipinski definition) is 4. The normalized spacial score (nSPS) is 18.0. The van der Waals surface area contributed by atoms with E-state index in [1.165, 1.54) is 41.0 Å². The minimum atomic E-state index is 0.502. The van der Waals surface area contributed by atoms with Crippen molar-refractivity contribution >= 4 is 11.3 Å². The van der Waals surface area contributed by atoms with Crippen LogP contribution in [0, 0.1) is 6.92 Å². The third-order valence-electron chi connectivity index (χ3n) is 3.86. The molecule has 1 atom stereocenters. The van der Waals surface area contributed by atoms with E-state index in [1.807, 2.05) is 23.7 Å². The molecule has 2 aromatic rings. The van der Waals surface area contributed by atoms with Crippen LogP contribution in [0.5, 0.6) is 0 Å². The Kier molecular flexibility index (Phi) is 4.13. The Morgan fingerprint density at radius 1 is 1.45 bits per heavy atom. The average Bonchev–Trinajstić information content (AvgIpc) is 2.89. The smallest absolute Gasteiger partial charge is 0.125 e. The molecule has 0 aromatic carbocycles. The van der Waals surface area contributed by atoms with Crippen molar-refractivity contribution in [3.8, 4) is 10.6 Å². The van der Waals surface area contributed by atoms with Gasteiger partial charge in [0.25, 0.3) is 0 Å². The molecule has 3 rings (SSSR count). The molecule has 0 aliphatic heterocycles. The van der Waals surface area contributed by atoms with Crippen LogP contribution in [0.2, 0.25) is 0 Å². The van der Waals surface area contributed by atoms with Gasteiger partial charge in [0, 0.05) is 28.9 Å². The molecule has 1 aliphatic rings. The number of fused-ring (bicyclic) bond motifs is 1. The molecular weight excluding hydrogens is 266 g/mol. The van der Waals surface area contributed by atoms with Crippen LogP contribution in [0.3, 0.4) is 0 Å². The molecule has 1 aliphatic carbocycles. The molecule has 0 radical (unpaired) electrons. The van der Waals surface area contributed by atoms with E-state index in [4.69, 9.17) is 4.98 Å². The number of thiazole rings is 1. The highest BCUT2D eigenvalue weighted by molar-refractivity contribution is 7.15. The third kappa shape index (κ3) is 2.63. The van der Waals surface area contributed by atoms with Crippen molar-refractivity contribution in [3.63, 3.8) is 0 Å². The molecule has 0 saturated heterocycles. The lowest BCUT2D eigenvalue weighted by atomic mass is 9.98. The Labute approximate surface area is 124 Å². The lowest BCUT2D eigenvalue weighted by Crippen LogP contribution is -2.24. The standard InChI is InChI=1S/C16H21N3S/c1-3-8-18-13-5-4-6-14-15(13)20-16(19-14)12-10-17-9-7-11(12)2/h7,9-10,13,18H,3-6,8H2,1-2H3. The molecule has 106 valence electrons. The zero-order valence-corrected chi connectivity index (χ0v) is 13.0. The first-order valence-electron chi connectivity index (χ1n) is 7.43. The van der Waals surface area contributed by atoms with E-state index in [2.05, 4.69) is 30.2 Å². The molecule has 2 heterocycles. The fourth-order valence-electron chi connectivity index (χ4n) is 2.74. The number of aromatic nitrogens is 2. The minimum absolute atomic E-state index is 0.502. The van der Waals surface area contributed by atoms with Gasteiger partial charge in [-0.05, 0) is 50.8 Å². The first-order valence-corrected chi connectivity index (χ1v) is 8.25. The SMILES string of the molecule is CCCNC1CCCc2nc(-c3cnccc3C)sc21. The maximum Gasteiger partial charge on any atom is 0.125 e. The fraction of sp³-hybridized carbons (Fsp3) is 0.500. The number of nitrogens with one attached hydrogen (secondary N) is 1. The van der Waals surface area contributed by atoms with Gasteiger partial charge in [-0.25, -0.2) is 4.98 Å². The monoisotopic (exact) mass is 287 g/mol. The van der Waals surface area contributed by atoms with E-state index in [-0.39, 0.29) is 0 Å². The largest absolute Gasteiger partial charge is 0.309 e. The van der Waals surface area contributed by atoms with E-state index in [0.717, 1.165) is 18.0 Å². The molecule has 1 N–H and O–H groups in total. The summed E-state index contributed by atoms with van der Waals surface area (Å²) in [5.74, 6) is 0. The summed E-state index contributed by atoms with van der Waals surface area (Å²) in [7, 11) is 0. The van der Waals surface area contributed by atoms with Crippen molar-refractivity contribution in [2.75, 3.05) is 6.54 Å². The van der Waals surface area contributed by atoms with E-state index >= 15 is 0 Å². The molecule has 2 aromatic heterocycles. The van der Waals surface area contributed by atoms with Crippen LogP contribution >= 0.6 is 11.3 Å². The topological polar surface area (TPSA) is 37.8 Å². The second kappa shape index (κ2) is 6.02. The number of pyridine rings is 1. The second-order valence-corrected chi connectivity index (χ2v) is 6.45. The molecular formula is C16H21N3S. The van der Waals surface area contributed by atoms with Gasteiger partial charge in [0.15, 0.2) is 0 Å². The lowest BCUT2D eigenvalue weighted by Gasteiger charge is -2.22. The average molecular weight is 287 g/mol. The van der Waals surface area contributed by atoms with Gasteiger partial charge >= 0.3 is 0 Å². The minimum Gasteiger partial charge on any atom is -0.309 e. The zero-order valence-electron chi connectivity index (χ0n) is 12.1. The van der Waals surface area contributed by atoms with Crippen LogP contribution in [-0.4, -0.2) is 16.5 Å². The predicted octanol–water partition coefficient (Wildman–Crippen LogP) is 3.89. The van der Waals surface area contributed by atoms with Gasteiger partial charge in [-0.2, -0.15) is 0 Å². The molecule has 0 bridgehead atoms. The van der Waals surface area contributed by atoms with Crippen molar-refractivity contribution in [2.45, 2.75) is 45.6 Å². The van der Waals surface area contributed by atoms with E-state index < -0.39 is 0 Å². The Balaban J connectivity index is 1.93. The molecule has 0 saturated carbocycles. The van der Waals surface area contributed by atoms with Gasteiger partial charge < -0.3 is 5.32 Å². The molecule has 3 nitrogen and oxygen atoms in total. The van der Waals surface area contributed by atoms with E-state index in [9.17, 15) is 0 Å². The van der Waals surface area contributed by atoms with Crippen LogP contribution in [-0.2, 0) is 6.42 Å². The van der Waals surface area contributed by atoms with Crippen LogP contribution < -0.4 is 5.32 Å². The number of nitrogens with zero attached hydrogens (tertiary/aromatic N) is 2. The van der Waals surface area contributed by atoms with Crippen LogP contribution in [0.4, 0.5) is 0 Å². The quantitative estimate of drug-likeness (QED) is 0.927. The van der Waals surface area contributed by atoms with Crippen LogP contribution in [0.25, 0.3) is 10.6 Å². The van der Waals surface area contributed by atoms with Crippen molar-refractivity contribution in [1.82, 2.24) is 15.3 Å². The summed E-state index contributed by atoms with van der Waals surface area (Å²) in [5, 5.41) is 4.79. The number of rotatable bonds is 4. The molecule has 0 amide bonds. The van der Waals surface area contributed by atoms with E-state index in [1.54, 1.807) is 0 Å². The molecule has 0 fully saturated rings. The van der Waals surface area contributed by atoms with Gasteiger partial charge in [-0.3, -0.25) is 4.98 Å². The first kappa shape index (κ1) is 13.7. The van der Waals surface area contributed by atoms with E-state index in [0.29, 0.717) is 6.04 Å². The summed E-state index contributed by atoms with van der Waals surface area (Å²) < 4.78 is 0. The Bertz CT molecular complexity index is 591. The number of hydrogen-bond donors (Lipinski definition) is 1. The Morgan fingerprint density at radius 2 is 2.35 bits per heavy atom. The van der Waals surface area contributed by atoms with Crippen molar-refractivity contribution in [2.24, 2.45) is 0 Å². The molecule has 4 heteroatoms.